The van der Waals surface area contributed by atoms with E-state index < -0.39 is 59.6 Å². The van der Waals surface area contributed by atoms with E-state index in [0.717, 1.165) is 45.1 Å². The number of likely N-dealkylation sites (tertiary alicyclic amines) is 1. The third-order valence-electron chi connectivity index (χ3n) is 12.1. The standard InChI is InChI=1S/C48H75FN6O8S/c1-12-20-55(45(58)41(30(6)14-3)53-43(57)38-17-15-16-21-54(38)11)39(29(4)5)26-40(61-22-13-2)44-52-37(28-64-44)42(56)51-34-23-32-18-19-33(49)24-35(32)36(25-34)46(59)62-31(7)27-50-47(60)63-48(8,9)10/h18-19,24,28-31,34,36,38-41H,12-17,20-23,25-27H2,1-11H3,(H,50,60)(H,51,56)(H,53,57)/t30-,31?,34?,36+,38+,39+,40+,41-/m0/s1. The number of likely N-dealkylation sites (N-methyl/N-ethyl adjacent to an activating group) is 1. The van der Waals surface area contributed by atoms with Crippen LogP contribution < -0.4 is 16.0 Å². The Morgan fingerprint density at radius 3 is 2.42 bits per heavy atom. The predicted molar refractivity (Wildman–Crippen MR) is 247 cm³/mol. The molecule has 14 nitrogen and oxygen atoms in total. The fourth-order valence-corrected chi connectivity index (χ4v) is 9.37. The molecule has 1 aromatic carbocycles. The van der Waals surface area contributed by atoms with E-state index in [1.165, 1.54) is 23.5 Å². The highest BCUT2D eigenvalue weighted by atomic mass is 32.1. The van der Waals surface area contributed by atoms with Crippen molar-refractivity contribution in [2.45, 2.75) is 175 Å². The van der Waals surface area contributed by atoms with Crippen molar-refractivity contribution in [3.8, 4) is 0 Å². The Bertz CT molecular complexity index is 1870. The number of amides is 4. The van der Waals surface area contributed by atoms with E-state index in [1.54, 1.807) is 39.1 Å². The Kier molecular flexibility index (Phi) is 20.0. The van der Waals surface area contributed by atoms with Crippen LogP contribution in [0.5, 0.6) is 0 Å². The maximum Gasteiger partial charge on any atom is 0.407 e. The minimum absolute atomic E-state index is 0.0126. The molecule has 3 N–H and O–H groups in total. The number of aromatic nitrogens is 1. The molecule has 2 aliphatic rings. The lowest BCUT2D eigenvalue weighted by Crippen LogP contribution is -2.58. The van der Waals surface area contributed by atoms with Gasteiger partial charge in [0.25, 0.3) is 5.91 Å². The largest absolute Gasteiger partial charge is 0.460 e. The molecule has 0 bridgehead atoms. The van der Waals surface area contributed by atoms with E-state index in [9.17, 15) is 28.4 Å². The number of hydrogen-bond donors (Lipinski definition) is 3. The molecule has 2 aromatic rings. The van der Waals surface area contributed by atoms with Gasteiger partial charge in [0.05, 0.1) is 18.5 Å². The number of thiazole rings is 1. The predicted octanol–water partition coefficient (Wildman–Crippen LogP) is 7.70. The summed E-state index contributed by atoms with van der Waals surface area (Å²) < 4.78 is 32.0. The molecule has 1 fully saturated rings. The summed E-state index contributed by atoms with van der Waals surface area (Å²) in [5.74, 6) is -2.61. The first-order valence-corrected chi connectivity index (χ1v) is 24.3. The second-order valence-electron chi connectivity index (χ2n) is 19.0. The lowest BCUT2D eigenvalue weighted by atomic mass is 9.80. The highest BCUT2D eigenvalue weighted by Gasteiger charge is 2.39. The number of halogens is 1. The highest BCUT2D eigenvalue weighted by Crippen LogP contribution is 2.35. The second kappa shape index (κ2) is 24.4. The molecule has 0 spiro atoms. The number of carbonyl (C=O) groups excluding carboxylic acids is 5. The van der Waals surface area contributed by atoms with Gasteiger partial charge in [0.15, 0.2) is 0 Å². The maximum atomic E-state index is 14.7. The first kappa shape index (κ1) is 52.5. The summed E-state index contributed by atoms with van der Waals surface area (Å²) >= 11 is 1.32. The molecule has 16 heteroatoms. The van der Waals surface area contributed by atoms with Crippen LogP contribution in [0.4, 0.5) is 9.18 Å². The Morgan fingerprint density at radius 2 is 1.78 bits per heavy atom. The molecule has 2 heterocycles. The Morgan fingerprint density at radius 1 is 1.05 bits per heavy atom. The molecule has 0 saturated carbocycles. The van der Waals surface area contributed by atoms with Gasteiger partial charge in [-0.15, -0.1) is 11.3 Å². The van der Waals surface area contributed by atoms with Crippen LogP contribution in [0.1, 0.15) is 159 Å². The summed E-state index contributed by atoms with van der Waals surface area (Å²) in [6, 6.07) is 2.61. The molecule has 1 aliphatic heterocycles. The van der Waals surface area contributed by atoms with Gasteiger partial charge >= 0.3 is 12.1 Å². The molecule has 4 rings (SSSR count). The molecular formula is C48H75FN6O8S. The van der Waals surface area contributed by atoms with Crippen LogP contribution in [0.25, 0.3) is 0 Å². The third kappa shape index (κ3) is 14.9. The average Bonchev–Trinajstić information content (AvgIpc) is 3.74. The second-order valence-corrected chi connectivity index (χ2v) is 19.9. The summed E-state index contributed by atoms with van der Waals surface area (Å²) in [5.41, 5.74) is 0.725. The molecule has 1 aliphatic carbocycles. The number of nitrogens with zero attached hydrogens (tertiary/aromatic N) is 3. The monoisotopic (exact) mass is 915 g/mol. The van der Waals surface area contributed by atoms with Gasteiger partial charge in [-0.3, -0.25) is 24.1 Å². The zero-order chi connectivity index (χ0) is 47.3. The molecule has 0 radical (unpaired) electrons. The minimum Gasteiger partial charge on any atom is -0.460 e. The topological polar surface area (TPSA) is 168 Å². The molecular weight excluding hydrogens is 840 g/mol. The van der Waals surface area contributed by atoms with Crippen molar-refractivity contribution in [3.05, 3.63) is 51.2 Å². The quantitative estimate of drug-likeness (QED) is 0.106. The Hall–Kier alpha value is -4.15. The van der Waals surface area contributed by atoms with Gasteiger partial charge in [-0.2, -0.15) is 0 Å². The van der Waals surface area contributed by atoms with Crippen LogP contribution in [-0.2, 0) is 35.0 Å². The van der Waals surface area contributed by atoms with Crippen molar-refractivity contribution in [2.24, 2.45) is 11.8 Å². The SMILES string of the molecule is CCCO[C@H](C[C@H](C(C)C)N(CCC)C(=O)[C@@H](NC(=O)[C@H]1CCCCN1C)[C@@H](C)CC)c1nc(C(=O)NC2Cc3ccc(F)cc3[C@H](C(=O)OC(C)CNC(=O)OC(C)(C)C)C2)cs1. The van der Waals surface area contributed by atoms with E-state index in [2.05, 4.69) is 34.7 Å². The number of benzene rings is 1. The van der Waals surface area contributed by atoms with Crippen LogP contribution >= 0.6 is 11.3 Å². The molecule has 1 saturated heterocycles. The van der Waals surface area contributed by atoms with Crippen LogP contribution in [-0.4, -0.2) is 114 Å². The first-order chi connectivity index (χ1) is 30.3. The van der Waals surface area contributed by atoms with Crippen molar-refractivity contribution < 1.29 is 42.6 Å². The molecule has 358 valence electrons. The van der Waals surface area contributed by atoms with E-state index in [0.29, 0.717) is 42.1 Å². The minimum atomic E-state index is -0.866. The van der Waals surface area contributed by atoms with Gasteiger partial charge in [0.2, 0.25) is 11.8 Å². The number of piperidine rings is 1. The number of esters is 1. The van der Waals surface area contributed by atoms with E-state index >= 15 is 0 Å². The number of carbonyl (C=O) groups is 5. The van der Waals surface area contributed by atoms with Crippen LogP contribution in [0.3, 0.4) is 0 Å². The lowest BCUT2D eigenvalue weighted by molar-refractivity contribution is -0.150. The normalized spacial score (nSPS) is 20.2. The lowest BCUT2D eigenvalue weighted by Gasteiger charge is -2.40. The summed E-state index contributed by atoms with van der Waals surface area (Å²) in [6.45, 7) is 21.0. The summed E-state index contributed by atoms with van der Waals surface area (Å²) in [7, 11) is 1.97. The first-order valence-electron chi connectivity index (χ1n) is 23.4. The van der Waals surface area contributed by atoms with Gasteiger partial charge in [-0.25, -0.2) is 14.2 Å². The fraction of sp³-hybridized carbons (Fsp3) is 0.708. The van der Waals surface area contributed by atoms with Gasteiger partial charge in [0.1, 0.15) is 40.4 Å². The molecule has 1 aromatic heterocycles. The number of hydrogen-bond acceptors (Lipinski definition) is 11. The van der Waals surface area contributed by atoms with Crippen molar-refractivity contribution in [3.63, 3.8) is 0 Å². The molecule has 4 amide bonds. The Balaban J connectivity index is 1.51. The number of alkyl carbamates (subject to hydrolysis) is 1. The summed E-state index contributed by atoms with van der Waals surface area (Å²) in [4.78, 5) is 76.9. The van der Waals surface area contributed by atoms with Crippen LogP contribution in [0.2, 0.25) is 0 Å². The number of fused-ring (bicyclic) bond motifs is 1. The molecule has 2 unspecified atom stereocenters. The van der Waals surface area contributed by atoms with Gasteiger partial charge < -0.3 is 35.1 Å². The van der Waals surface area contributed by atoms with Crippen molar-refractivity contribution in [1.82, 2.24) is 30.7 Å². The zero-order valence-electron chi connectivity index (χ0n) is 40.1. The zero-order valence-corrected chi connectivity index (χ0v) is 40.9. The summed E-state index contributed by atoms with van der Waals surface area (Å²) in [5, 5.41) is 11.2. The smallest absolute Gasteiger partial charge is 0.407 e. The fourth-order valence-electron chi connectivity index (χ4n) is 8.51. The molecule has 64 heavy (non-hydrogen) atoms. The van der Waals surface area contributed by atoms with Crippen molar-refractivity contribution >= 4 is 41.1 Å². The number of rotatable bonds is 21. The maximum absolute atomic E-state index is 14.7. The number of nitrogens with one attached hydrogen (secondary N) is 3. The van der Waals surface area contributed by atoms with Crippen LogP contribution in [0, 0.1) is 17.7 Å². The van der Waals surface area contributed by atoms with E-state index in [4.69, 9.17) is 19.2 Å². The van der Waals surface area contributed by atoms with Gasteiger partial charge in [-0.1, -0.05) is 60.5 Å². The number of ether oxygens (including phenoxy) is 3. The van der Waals surface area contributed by atoms with E-state index in [-0.39, 0.29) is 54.4 Å². The average molecular weight is 915 g/mol. The van der Waals surface area contributed by atoms with Gasteiger partial charge in [0, 0.05) is 37.0 Å². The van der Waals surface area contributed by atoms with Gasteiger partial charge in [-0.05, 0) is 115 Å². The van der Waals surface area contributed by atoms with Crippen molar-refractivity contribution in [1.29, 1.82) is 0 Å². The van der Waals surface area contributed by atoms with E-state index in [1.807, 2.05) is 39.6 Å². The summed E-state index contributed by atoms with van der Waals surface area (Å²) in [6.07, 6.45) is 4.13. The Labute approximate surface area is 384 Å². The van der Waals surface area contributed by atoms with Crippen molar-refractivity contribution in [2.75, 3.05) is 33.3 Å². The van der Waals surface area contributed by atoms with Crippen LogP contribution in [0.15, 0.2) is 23.6 Å². The molecule has 8 atom stereocenters. The third-order valence-corrected chi connectivity index (χ3v) is 13.1. The highest BCUT2D eigenvalue weighted by molar-refractivity contribution is 7.09.